The smallest absolute Gasteiger partial charge is 0.305 e. The number of ether oxygens (including phenoxy) is 1. The largest absolute Gasteiger partial charge is 0.466 e. The van der Waals surface area contributed by atoms with Crippen molar-refractivity contribution in [1.29, 1.82) is 0 Å². The maximum Gasteiger partial charge on any atom is 0.305 e. The average molecular weight is 1070 g/mol. The summed E-state index contributed by atoms with van der Waals surface area (Å²) in [6.45, 7) is 4.94. The number of aliphatic hydroxyl groups is 2. The van der Waals surface area contributed by atoms with Crippen LogP contribution in [0.4, 0.5) is 0 Å². The molecule has 0 aliphatic carbocycles. The van der Waals surface area contributed by atoms with E-state index in [-0.39, 0.29) is 18.5 Å². The predicted molar refractivity (Wildman–Crippen MR) is 333 cm³/mol. The Morgan fingerprint density at radius 2 is 0.658 bits per heavy atom. The van der Waals surface area contributed by atoms with E-state index in [1.54, 1.807) is 0 Å². The highest BCUT2D eigenvalue weighted by molar-refractivity contribution is 5.76. The maximum absolute atomic E-state index is 12.5. The maximum atomic E-state index is 12.5. The molecular formula is C70H135NO5. The molecule has 2 unspecified atom stereocenters. The van der Waals surface area contributed by atoms with Gasteiger partial charge in [-0.1, -0.05) is 340 Å². The van der Waals surface area contributed by atoms with Crippen LogP contribution in [0.3, 0.4) is 0 Å². The Balaban J connectivity index is 3.29. The average Bonchev–Trinajstić information content (AvgIpc) is 3.42. The molecule has 0 fully saturated rings. The van der Waals surface area contributed by atoms with E-state index in [4.69, 9.17) is 4.74 Å². The predicted octanol–water partition coefficient (Wildman–Crippen LogP) is 22.1. The third-order valence-corrected chi connectivity index (χ3v) is 16.3. The second-order valence-corrected chi connectivity index (χ2v) is 23.9. The molecule has 0 bridgehead atoms. The van der Waals surface area contributed by atoms with E-state index in [0.29, 0.717) is 25.9 Å². The molecule has 0 aliphatic heterocycles. The van der Waals surface area contributed by atoms with Crippen molar-refractivity contribution in [3.05, 3.63) is 24.3 Å². The molecular weight excluding hydrogens is 935 g/mol. The Labute approximate surface area is 475 Å². The molecule has 1 amide bonds. The summed E-state index contributed by atoms with van der Waals surface area (Å²) in [5, 5.41) is 23.2. The first-order valence-electron chi connectivity index (χ1n) is 34.6. The number of aliphatic hydroxyl groups excluding tert-OH is 2. The lowest BCUT2D eigenvalue weighted by Crippen LogP contribution is -2.45. The van der Waals surface area contributed by atoms with Crippen LogP contribution >= 0.6 is 0 Å². The number of nitrogens with one attached hydrogen (secondary N) is 1. The van der Waals surface area contributed by atoms with Crippen LogP contribution < -0.4 is 5.32 Å². The van der Waals surface area contributed by atoms with Gasteiger partial charge >= 0.3 is 5.97 Å². The quantitative estimate of drug-likeness (QED) is 0.0320. The van der Waals surface area contributed by atoms with Crippen molar-refractivity contribution in [3.63, 3.8) is 0 Å². The Morgan fingerprint density at radius 1 is 0.368 bits per heavy atom. The zero-order valence-electron chi connectivity index (χ0n) is 51.5. The molecule has 76 heavy (non-hydrogen) atoms. The molecule has 0 saturated heterocycles. The van der Waals surface area contributed by atoms with Gasteiger partial charge in [-0.25, -0.2) is 0 Å². The van der Waals surface area contributed by atoms with Crippen LogP contribution in [0.25, 0.3) is 0 Å². The van der Waals surface area contributed by atoms with Crippen molar-refractivity contribution >= 4 is 11.9 Å². The number of allylic oxidation sites excluding steroid dienone is 4. The second kappa shape index (κ2) is 65.9. The van der Waals surface area contributed by atoms with Crippen molar-refractivity contribution < 1.29 is 24.5 Å². The molecule has 0 saturated carbocycles. The van der Waals surface area contributed by atoms with Gasteiger partial charge in [0.1, 0.15) is 0 Å². The molecule has 3 N–H and O–H groups in total. The van der Waals surface area contributed by atoms with Gasteiger partial charge in [0.15, 0.2) is 0 Å². The standard InChI is InChI=1S/C70H135NO5/c1-3-5-7-9-11-13-15-16-36-40-44-48-52-56-60-64-70(75)76-65-61-57-53-49-45-41-38-35-33-31-29-27-25-23-21-19-17-18-20-22-24-26-28-30-32-34-37-39-43-47-51-55-59-63-69(74)71-67(66-72)68(73)62-58-54-50-46-42-14-12-10-8-6-4-2/h11,13,16,36,67-68,72-73H,3-10,12,14-15,17-35,37-66H2,1-2H3,(H,71,74)/b13-11-,36-16-. The fourth-order valence-electron chi connectivity index (χ4n) is 11.0. The van der Waals surface area contributed by atoms with E-state index < -0.39 is 12.1 Å². The lowest BCUT2D eigenvalue weighted by molar-refractivity contribution is -0.143. The van der Waals surface area contributed by atoms with Crippen LogP contribution in [-0.4, -0.2) is 47.4 Å². The summed E-state index contributed by atoms with van der Waals surface area (Å²) in [6.07, 6.45) is 82.4. The fourth-order valence-corrected chi connectivity index (χ4v) is 11.0. The van der Waals surface area contributed by atoms with Gasteiger partial charge in [-0.05, 0) is 57.8 Å². The Kier molecular flexibility index (Phi) is 64.4. The molecule has 6 nitrogen and oxygen atoms in total. The minimum atomic E-state index is -0.659. The van der Waals surface area contributed by atoms with E-state index >= 15 is 0 Å². The molecule has 0 aliphatic rings. The molecule has 0 radical (unpaired) electrons. The first-order chi connectivity index (χ1) is 37.5. The van der Waals surface area contributed by atoms with Gasteiger partial charge in [0.25, 0.3) is 0 Å². The summed E-state index contributed by atoms with van der Waals surface area (Å²) in [7, 11) is 0. The van der Waals surface area contributed by atoms with E-state index in [1.807, 2.05) is 0 Å². The number of esters is 1. The topological polar surface area (TPSA) is 95.9 Å². The van der Waals surface area contributed by atoms with Crippen LogP contribution in [0.2, 0.25) is 0 Å². The van der Waals surface area contributed by atoms with Crippen molar-refractivity contribution in [2.45, 2.75) is 398 Å². The minimum Gasteiger partial charge on any atom is -0.466 e. The number of unbranched alkanes of at least 4 members (excludes halogenated alkanes) is 50. The van der Waals surface area contributed by atoms with Gasteiger partial charge in [-0.3, -0.25) is 9.59 Å². The van der Waals surface area contributed by atoms with Gasteiger partial charge in [-0.2, -0.15) is 0 Å². The zero-order valence-corrected chi connectivity index (χ0v) is 51.5. The summed E-state index contributed by atoms with van der Waals surface area (Å²) in [6, 6.07) is -0.536. The zero-order chi connectivity index (χ0) is 55.0. The van der Waals surface area contributed by atoms with Crippen LogP contribution in [0.1, 0.15) is 386 Å². The molecule has 6 heteroatoms. The van der Waals surface area contributed by atoms with Crippen LogP contribution in [-0.2, 0) is 14.3 Å². The molecule has 0 rings (SSSR count). The number of carbonyl (C=O) groups excluding carboxylic acids is 2. The summed E-state index contributed by atoms with van der Waals surface area (Å²) in [4.78, 5) is 24.5. The summed E-state index contributed by atoms with van der Waals surface area (Å²) in [5.41, 5.74) is 0. The van der Waals surface area contributed by atoms with Gasteiger partial charge in [0.05, 0.1) is 25.4 Å². The molecule has 0 aromatic carbocycles. The lowest BCUT2D eigenvalue weighted by atomic mass is 10.0. The third-order valence-electron chi connectivity index (χ3n) is 16.3. The summed E-state index contributed by atoms with van der Waals surface area (Å²) < 4.78 is 5.49. The van der Waals surface area contributed by atoms with Crippen molar-refractivity contribution in [2.24, 2.45) is 0 Å². The van der Waals surface area contributed by atoms with Crippen LogP contribution in [0, 0.1) is 0 Å². The fraction of sp³-hybridized carbons (Fsp3) is 0.914. The highest BCUT2D eigenvalue weighted by Crippen LogP contribution is 2.19. The van der Waals surface area contributed by atoms with E-state index in [1.165, 1.54) is 302 Å². The first-order valence-corrected chi connectivity index (χ1v) is 34.6. The Hall–Kier alpha value is -1.66. The number of amides is 1. The summed E-state index contributed by atoms with van der Waals surface area (Å²) >= 11 is 0. The lowest BCUT2D eigenvalue weighted by Gasteiger charge is -2.22. The van der Waals surface area contributed by atoms with Crippen LogP contribution in [0.5, 0.6) is 0 Å². The van der Waals surface area contributed by atoms with Gasteiger partial charge < -0.3 is 20.3 Å². The number of carbonyl (C=O) groups is 2. The molecule has 0 aromatic rings. The third kappa shape index (κ3) is 61.6. The highest BCUT2D eigenvalue weighted by atomic mass is 16.5. The van der Waals surface area contributed by atoms with E-state index in [0.717, 1.165) is 51.4 Å². The van der Waals surface area contributed by atoms with E-state index in [9.17, 15) is 19.8 Å². The Bertz CT molecular complexity index is 1190. The molecule has 450 valence electrons. The highest BCUT2D eigenvalue weighted by Gasteiger charge is 2.20. The second-order valence-electron chi connectivity index (χ2n) is 23.9. The van der Waals surface area contributed by atoms with Gasteiger partial charge in [-0.15, -0.1) is 0 Å². The van der Waals surface area contributed by atoms with Crippen molar-refractivity contribution in [2.75, 3.05) is 13.2 Å². The first kappa shape index (κ1) is 74.3. The van der Waals surface area contributed by atoms with Gasteiger partial charge in [0.2, 0.25) is 5.91 Å². The van der Waals surface area contributed by atoms with Crippen molar-refractivity contribution in [1.82, 2.24) is 5.32 Å². The minimum absolute atomic E-state index is 0.00804. The van der Waals surface area contributed by atoms with Crippen molar-refractivity contribution in [3.8, 4) is 0 Å². The van der Waals surface area contributed by atoms with Crippen LogP contribution in [0.15, 0.2) is 24.3 Å². The SMILES string of the molecule is CCCCC/C=C\C/C=C\CCCCCCCC(=O)OCCCCCCCCCCCCCCCCCCCCCCCCCCCCCCCCCCCC(=O)NC(CO)C(O)CCCCCCCCCCCCC. The molecule has 0 spiro atoms. The molecule has 0 aromatic heterocycles. The molecule has 2 atom stereocenters. The number of rotatable bonds is 65. The summed E-state index contributed by atoms with van der Waals surface area (Å²) in [5.74, 6) is -0.0213. The number of hydrogen-bond donors (Lipinski definition) is 3. The Morgan fingerprint density at radius 3 is 1.03 bits per heavy atom. The van der Waals surface area contributed by atoms with Gasteiger partial charge in [0, 0.05) is 12.8 Å². The normalized spacial score (nSPS) is 12.6. The molecule has 0 heterocycles. The van der Waals surface area contributed by atoms with E-state index in [2.05, 4.69) is 43.5 Å². The monoisotopic (exact) mass is 1070 g/mol. The number of hydrogen-bond acceptors (Lipinski definition) is 5.